The molecule has 0 aliphatic heterocycles. The predicted molar refractivity (Wildman–Crippen MR) is 179 cm³/mol. The van der Waals surface area contributed by atoms with Crippen LogP contribution >= 0.6 is 0 Å². The van der Waals surface area contributed by atoms with Crippen molar-refractivity contribution in [2.75, 3.05) is 0 Å². The number of hydrogen-bond donors (Lipinski definition) is 0. The van der Waals surface area contributed by atoms with Gasteiger partial charge in [-0.3, -0.25) is 0 Å². The Morgan fingerprint density at radius 2 is 0.825 bits per heavy atom. The Balaban J connectivity index is 1.36. The summed E-state index contributed by atoms with van der Waals surface area (Å²) in [7, 11) is 0. The van der Waals surface area contributed by atoms with E-state index in [2.05, 4.69) is 135 Å². The second-order valence-corrected chi connectivity index (χ2v) is 11.0. The second-order valence-electron chi connectivity index (χ2n) is 11.0. The Hall–Kier alpha value is -3.90. The predicted octanol–water partition coefficient (Wildman–Crippen LogP) is 11.8. The van der Waals surface area contributed by atoms with E-state index in [0.29, 0.717) is 0 Å². The molecule has 0 saturated heterocycles. The fraction of sp³-hybridized carbons (Fsp3) is 0.250. The van der Waals surface area contributed by atoms with Crippen molar-refractivity contribution in [3.8, 4) is 0 Å². The first kappa shape index (κ1) is 27.7. The van der Waals surface area contributed by atoms with Crippen molar-refractivity contribution >= 4 is 45.8 Å². The van der Waals surface area contributed by atoms with Crippen molar-refractivity contribution in [1.82, 2.24) is 0 Å². The normalized spacial score (nSPS) is 11.8. The van der Waals surface area contributed by atoms with E-state index in [4.69, 9.17) is 0 Å². The van der Waals surface area contributed by atoms with E-state index in [1.165, 1.54) is 106 Å². The summed E-state index contributed by atoms with van der Waals surface area (Å²) in [6, 6.07) is 36.0. The maximum Gasteiger partial charge on any atom is -0.00992 e. The lowest BCUT2D eigenvalue weighted by molar-refractivity contribution is 0.717. The minimum Gasteiger partial charge on any atom is -0.0654 e. The zero-order chi connectivity index (χ0) is 27.6. The van der Waals surface area contributed by atoms with Crippen LogP contribution in [-0.4, -0.2) is 0 Å². The van der Waals surface area contributed by atoms with Crippen molar-refractivity contribution in [3.05, 3.63) is 130 Å². The van der Waals surface area contributed by atoms with Crippen LogP contribution in [0.1, 0.15) is 85.8 Å². The highest BCUT2D eigenvalue weighted by Gasteiger charge is 2.06. The molecule has 0 aliphatic rings. The molecule has 0 nitrogen and oxygen atoms in total. The average Bonchev–Trinajstić information content (AvgIpc) is 3.00. The van der Waals surface area contributed by atoms with Gasteiger partial charge in [0, 0.05) is 0 Å². The average molecular weight is 523 g/mol. The van der Waals surface area contributed by atoms with Crippen LogP contribution in [0.5, 0.6) is 0 Å². The first-order valence-electron chi connectivity index (χ1n) is 15.2. The Bertz CT molecular complexity index is 1460. The van der Waals surface area contributed by atoms with Crippen molar-refractivity contribution in [2.45, 2.75) is 65.2 Å². The number of aryl methyl sites for hydroxylation is 2. The van der Waals surface area contributed by atoms with Gasteiger partial charge in [0.15, 0.2) is 0 Å². The van der Waals surface area contributed by atoms with Gasteiger partial charge >= 0.3 is 0 Å². The Morgan fingerprint density at radius 3 is 1.23 bits per heavy atom. The molecule has 0 heterocycles. The van der Waals surface area contributed by atoms with Crippen molar-refractivity contribution in [3.63, 3.8) is 0 Å². The van der Waals surface area contributed by atoms with Gasteiger partial charge in [0.2, 0.25) is 0 Å². The lowest BCUT2D eigenvalue weighted by Gasteiger charge is -2.09. The summed E-state index contributed by atoms with van der Waals surface area (Å²) >= 11 is 0. The van der Waals surface area contributed by atoms with E-state index >= 15 is 0 Å². The van der Waals surface area contributed by atoms with Gasteiger partial charge in [-0.05, 0) is 80.6 Å². The molecule has 40 heavy (non-hydrogen) atoms. The molecule has 0 spiro atoms. The molecule has 0 unspecified atom stereocenters. The Labute approximate surface area is 241 Å². The van der Waals surface area contributed by atoms with E-state index in [1.54, 1.807) is 0 Å². The summed E-state index contributed by atoms with van der Waals surface area (Å²) in [5, 5.41) is 5.19. The number of unbranched alkanes of at least 4 members (excludes halogenated alkanes) is 4. The highest BCUT2D eigenvalue weighted by Crippen LogP contribution is 2.31. The number of hydrogen-bond acceptors (Lipinski definition) is 0. The quantitative estimate of drug-likeness (QED) is 0.0868. The molecule has 0 aromatic heterocycles. The summed E-state index contributed by atoms with van der Waals surface area (Å²) in [4.78, 5) is 0. The van der Waals surface area contributed by atoms with Crippen LogP contribution in [0.25, 0.3) is 45.8 Å². The third-order valence-corrected chi connectivity index (χ3v) is 7.99. The zero-order valence-electron chi connectivity index (χ0n) is 24.2. The maximum absolute atomic E-state index is 2.29. The van der Waals surface area contributed by atoms with E-state index in [-0.39, 0.29) is 0 Å². The summed E-state index contributed by atoms with van der Waals surface area (Å²) in [6.07, 6.45) is 19.1. The van der Waals surface area contributed by atoms with Gasteiger partial charge in [-0.1, -0.05) is 161 Å². The molecule has 0 fully saturated rings. The van der Waals surface area contributed by atoms with Gasteiger partial charge in [0.25, 0.3) is 0 Å². The van der Waals surface area contributed by atoms with Gasteiger partial charge in [0.05, 0.1) is 0 Å². The minimum atomic E-state index is 1.18. The molecule has 5 rings (SSSR count). The van der Waals surface area contributed by atoms with Gasteiger partial charge < -0.3 is 0 Å². The molecule has 0 bridgehead atoms. The molecule has 0 atom stereocenters. The second kappa shape index (κ2) is 13.9. The third kappa shape index (κ3) is 6.99. The fourth-order valence-electron chi connectivity index (χ4n) is 5.59. The van der Waals surface area contributed by atoms with Crippen molar-refractivity contribution in [2.24, 2.45) is 0 Å². The fourth-order valence-corrected chi connectivity index (χ4v) is 5.59. The molecule has 0 N–H and O–H groups in total. The molecule has 5 aromatic rings. The standard InChI is InChI=1S/C40H42/c1-3-5-7-11-31-17-21-33(22-18-31)25-27-35-13-9-15-39-37(35)29-30-38-36(14-10-16-40(38)39)28-26-34-23-19-32(20-24-34)12-8-6-4-2/h9-10,13-30H,3-8,11-12H2,1-2H3/b27-25+,28-26+. The van der Waals surface area contributed by atoms with E-state index in [0.717, 1.165) is 0 Å². The van der Waals surface area contributed by atoms with Crippen molar-refractivity contribution < 1.29 is 0 Å². The van der Waals surface area contributed by atoms with Gasteiger partial charge in [-0.2, -0.15) is 0 Å². The van der Waals surface area contributed by atoms with Gasteiger partial charge in [-0.15, -0.1) is 0 Å². The molecule has 0 heteroatoms. The highest BCUT2D eigenvalue weighted by atomic mass is 14.1. The van der Waals surface area contributed by atoms with Crippen LogP contribution in [0.2, 0.25) is 0 Å². The summed E-state index contributed by atoms with van der Waals surface area (Å²) in [5.74, 6) is 0. The lowest BCUT2D eigenvalue weighted by atomic mass is 9.95. The van der Waals surface area contributed by atoms with Gasteiger partial charge in [0.1, 0.15) is 0 Å². The van der Waals surface area contributed by atoms with Crippen LogP contribution in [-0.2, 0) is 12.8 Å². The SMILES string of the molecule is CCCCCc1ccc(/C=C/c2cccc3c2ccc2c(/C=C/c4ccc(CCCCC)cc4)cccc23)cc1. The number of rotatable bonds is 12. The first-order chi connectivity index (χ1) is 19.7. The Morgan fingerprint density at radius 1 is 0.400 bits per heavy atom. The molecular formula is C40H42. The first-order valence-corrected chi connectivity index (χ1v) is 15.2. The summed E-state index contributed by atoms with van der Waals surface area (Å²) in [6.45, 7) is 4.52. The molecular weight excluding hydrogens is 480 g/mol. The summed E-state index contributed by atoms with van der Waals surface area (Å²) in [5.41, 5.74) is 7.88. The largest absolute Gasteiger partial charge is 0.0654 e. The minimum absolute atomic E-state index is 1.18. The smallest absolute Gasteiger partial charge is 0.00992 e. The topological polar surface area (TPSA) is 0 Å². The lowest BCUT2D eigenvalue weighted by Crippen LogP contribution is -1.86. The molecule has 5 aromatic carbocycles. The van der Waals surface area contributed by atoms with Crippen LogP contribution in [0.4, 0.5) is 0 Å². The van der Waals surface area contributed by atoms with Crippen LogP contribution in [0.15, 0.2) is 97.1 Å². The van der Waals surface area contributed by atoms with Crippen LogP contribution in [0.3, 0.4) is 0 Å². The maximum atomic E-state index is 2.29. The van der Waals surface area contributed by atoms with E-state index in [1.807, 2.05) is 0 Å². The number of benzene rings is 5. The molecule has 0 saturated carbocycles. The van der Waals surface area contributed by atoms with Crippen LogP contribution in [0, 0.1) is 0 Å². The van der Waals surface area contributed by atoms with Crippen molar-refractivity contribution in [1.29, 1.82) is 0 Å². The molecule has 0 radical (unpaired) electrons. The highest BCUT2D eigenvalue weighted by molar-refractivity contribution is 6.12. The van der Waals surface area contributed by atoms with E-state index < -0.39 is 0 Å². The van der Waals surface area contributed by atoms with Crippen LogP contribution < -0.4 is 0 Å². The molecule has 0 amide bonds. The zero-order valence-corrected chi connectivity index (χ0v) is 24.2. The molecule has 0 aliphatic carbocycles. The van der Waals surface area contributed by atoms with Gasteiger partial charge in [-0.25, -0.2) is 0 Å². The monoisotopic (exact) mass is 522 g/mol. The number of fused-ring (bicyclic) bond motifs is 3. The Kier molecular flexibility index (Phi) is 9.64. The summed E-state index contributed by atoms with van der Waals surface area (Å²) < 4.78 is 0. The van der Waals surface area contributed by atoms with E-state index in [9.17, 15) is 0 Å². The third-order valence-electron chi connectivity index (χ3n) is 7.99. The molecule has 202 valence electrons.